The Kier molecular flexibility index (Phi) is 9.42. The first-order chi connectivity index (χ1) is 28.8. The molecule has 0 atom stereocenters. The lowest BCUT2D eigenvalue weighted by atomic mass is 9.48. The second kappa shape index (κ2) is 15.6. The molecule has 2 heterocycles. The van der Waals surface area contributed by atoms with Gasteiger partial charge in [0.2, 0.25) is 0 Å². The van der Waals surface area contributed by atoms with Gasteiger partial charge in [-0.1, -0.05) is 216 Å². The van der Waals surface area contributed by atoms with Gasteiger partial charge in [-0.15, -0.1) is 0 Å². The van der Waals surface area contributed by atoms with Crippen molar-refractivity contribution in [3.05, 3.63) is 253 Å². The fraction of sp³-hybridized carbons (Fsp3) is 0. The van der Waals surface area contributed by atoms with Crippen LogP contribution in [-0.4, -0.2) is 25.1 Å². The highest BCUT2D eigenvalue weighted by Crippen LogP contribution is 2.45. The number of aliphatic imine (C=N–C) groups is 2. The SMILES string of the molecule is c1ccc(N=C2/C(=C3/C(=Nc4ccccc4)c4ccccc4N3B(c3ccccc3)c3ccccc3)N(B(c3ccccc3)c3ccccc3)c3ccccc32)cc1. The molecule has 0 amide bonds. The summed E-state index contributed by atoms with van der Waals surface area (Å²) in [6.45, 7) is -0.407. The van der Waals surface area contributed by atoms with Gasteiger partial charge >= 0.3 is 13.7 Å². The van der Waals surface area contributed by atoms with Crippen molar-refractivity contribution in [1.82, 2.24) is 0 Å². The molecular formula is C52H38B2N4. The highest BCUT2D eigenvalue weighted by molar-refractivity contribution is 6.91. The average Bonchev–Trinajstić information content (AvgIpc) is 3.77. The van der Waals surface area contributed by atoms with Gasteiger partial charge in [-0.05, 0) is 36.4 Å². The third kappa shape index (κ3) is 6.45. The summed E-state index contributed by atoms with van der Waals surface area (Å²) >= 11 is 0. The molecule has 6 heteroatoms. The largest absolute Gasteiger partial charge is 0.373 e. The van der Waals surface area contributed by atoms with E-state index in [1.165, 1.54) is 21.9 Å². The number of hydrogen-bond acceptors (Lipinski definition) is 4. The van der Waals surface area contributed by atoms with Crippen molar-refractivity contribution in [3.8, 4) is 0 Å². The van der Waals surface area contributed by atoms with Gasteiger partial charge < -0.3 is 9.62 Å². The van der Waals surface area contributed by atoms with Gasteiger partial charge in [-0.2, -0.15) is 0 Å². The van der Waals surface area contributed by atoms with Gasteiger partial charge in [0.15, 0.2) is 0 Å². The summed E-state index contributed by atoms with van der Waals surface area (Å²) < 4.78 is 0. The maximum absolute atomic E-state index is 5.62. The fourth-order valence-corrected chi connectivity index (χ4v) is 8.49. The van der Waals surface area contributed by atoms with Crippen molar-refractivity contribution in [2.45, 2.75) is 0 Å². The van der Waals surface area contributed by atoms with Crippen LogP contribution >= 0.6 is 0 Å². The molecule has 0 radical (unpaired) electrons. The lowest BCUT2D eigenvalue weighted by Crippen LogP contribution is -2.59. The Morgan fingerprint density at radius 2 is 0.534 bits per heavy atom. The van der Waals surface area contributed by atoms with E-state index in [9.17, 15) is 0 Å². The van der Waals surface area contributed by atoms with Crippen LogP contribution < -0.4 is 31.5 Å². The predicted octanol–water partition coefficient (Wildman–Crippen LogP) is 9.09. The van der Waals surface area contributed by atoms with E-state index in [1.807, 2.05) is 12.1 Å². The molecule has 58 heavy (non-hydrogen) atoms. The number of para-hydroxylation sites is 4. The summed E-state index contributed by atoms with van der Waals surface area (Å²) in [5.41, 5.74) is 14.5. The van der Waals surface area contributed by atoms with Crippen LogP contribution in [0.3, 0.4) is 0 Å². The van der Waals surface area contributed by atoms with Gasteiger partial charge in [-0.3, -0.25) is 0 Å². The zero-order valence-corrected chi connectivity index (χ0v) is 31.9. The van der Waals surface area contributed by atoms with E-state index >= 15 is 0 Å². The molecule has 8 aromatic carbocycles. The van der Waals surface area contributed by atoms with Crippen molar-refractivity contribution < 1.29 is 0 Å². The monoisotopic (exact) mass is 740 g/mol. The Morgan fingerprint density at radius 3 is 0.845 bits per heavy atom. The van der Waals surface area contributed by atoms with Gasteiger partial charge in [0, 0.05) is 22.5 Å². The molecule has 0 bridgehead atoms. The number of rotatable bonds is 8. The highest BCUT2D eigenvalue weighted by Gasteiger charge is 2.47. The number of fused-ring (bicyclic) bond motifs is 2. The standard InChI is InChI=1S/C52H38B2N4/c1-7-23-39(24-8-1)53(40-25-9-2-10-26-40)57-47-37-21-19-35-45(47)49(55-43-31-15-5-16-32-43)51(57)52-50(56-44-33-17-6-18-34-44)46-36-20-22-38-48(46)58(52)54(41-27-11-3-12-28-41)42-29-13-4-14-30-42/h1-38H/b52-51+,55-49?,56-50?. The normalized spacial score (nSPS) is 15.7. The lowest BCUT2D eigenvalue weighted by molar-refractivity contribution is 1.27. The van der Waals surface area contributed by atoms with Gasteiger partial charge in [0.1, 0.15) is 0 Å². The summed E-state index contributed by atoms with van der Waals surface area (Å²) in [4.78, 5) is 16.3. The molecule has 2 aliphatic rings. The Balaban J connectivity index is 1.39. The van der Waals surface area contributed by atoms with Crippen LogP contribution in [0.1, 0.15) is 11.1 Å². The Labute approximate surface area is 341 Å². The van der Waals surface area contributed by atoms with Gasteiger partial charge in [0.05, 0.1) is 34.2 Å². The number of nitrogens with zero attached hydrogens (tertiary/aromatic N) is 4. The maximum atomic E-state index is 5.62. The van der Waals surface area contributed by atoms with E-state index in [4.69, 9.17) is 9.98 Å². The van der Waals surface area contributed by atoms with Gasteiger partial charge in [0.25, 0.3) is 0 Å². The van der Waals surface area contributed by atoms with Crippen molar-refractivity contribution in [1.29, 1.82) is 0 Å². The Morgan fingerprint density at radius 1 is 0.276 bits per heavy atom. The quantitative estimate of drug-likeness (QED) is 0.146. The molecule has 0 spiro atoms. The molecule has 10 rings (SSSR count). The first kappa shape index (κ1) is 35.0. The second-order valence-electron chi connectivity index (χ2n) is 14.5. The summed E-state index contributed by atoms with van der Waals surface area (Å²) in [5, 5.41) is 0. The zero-order chi connectivity index (χ0) is 38.7. The number of hydrogen-bond donors (Lipinski definition) is 0. The molecular weight excluding hydrogens is 702 g/mol. The van der Waals surface area contributed by atoms with Gasteiger partial charge in [-0.25, -0.2) is 9.98 Å². The molecule has 0 unspecified atom stereocenters. The molecule has 8 aromatic rings. The minimum atomic E-state index is -0.204. The molecule has 0 saturated carbocycles. The first-order valence-corrected chi connectivity index (χ1v) is 19.8. The molecule has 0 N–H and O–H groups in total. The van der Waals surface area contributed by atoms with Crippen LogP contribution in [-0.2, 0) is 0 Å². The zero-order valence-electron chi connectivity index (χ0n) is 31.9. The van der Waals surface area contributed by atoms with Crippen LogP contribution in [0.15, 0.2) is 252 Å². The topological polar surface area (TPSA) is 31.2 Å². The van der Waals surface area contributed by atoms with Crippen LogP contribution in [0.25, 0.3) is 0 Å². The molecule has 0 aliphatic carbocycles. The third-order valence-corrected chi connectivity index (χ3v) is 11.0. The maximum Gasteiger partial charge on any atom is 0.328 e. The minimum absolute atomic E-state index is 0.204. The lowest BCUT2D eigenvalue weighted by Gasteiger charge is -2.35. The summed E-state index contributed by atoms with van der Waals surface area (Å²) in [6.07, 6.45) is 0. The third-order valence-electron chi connectivity index (χ3n) is 11.0. The van der Waals surface area contributed by atoms with Crippen LogP contribution in [0.2, 0.25) is 0 Å². The molecule has 4 nitrogen and oxygen atoms in total. The highest BCUT2D eigenvalue weighted by atomic mass is 15.2. The number of allylic oxidation sites excluding steroid dienone is 2. The van der Waals surface area contributed by atoms with E-state index in [0.29, 0.717) is 0 Å². The smallest absolute Gasteiger partial charge is 0.328 e. The number of anilines is 2. The molecule has 272 valence electrons. The minimum Gasteiger partial charge on any atom is -0.373 e. The van der Waals surface area contributed by atoms with Crippen molar-refractivity contribution in [2.24, 2.45) is 9.98 Å². The second-order valence-corrected chi connectivity index (χ2v) is 14.5. The Bertz CT molecular complexity index is 2500. The van der Waals surface area contributed by atoms with Crippen LogP contribution in [0.5, 0.6) is 0 Å². The van der Waals surface area contributed by atoms with Crippen LogP contribution in [0.4, 0.5) is 22.7 Å². The average molecular weight is 741 g/mol. The molecule has 0 fully saturated rings. The van der Waals surface area contributed by atoms with Crippen molar-refractivity contribution in [3.63, 3.8) is 0 Å². The van der Waals surface area contributed by atoms with Crippen LogP contribution in [0, 0.1) is 0 Å². The summed E-state index contributed by atoms with van der Waals surface area (Å²) in [5.74, 6) is 0. The van der Waals surface area contributed by atoms with E-state index in [-0.39, 0.29) is 13.7 Å². The number of benzene rings is 8. The Hall–Kier alpha value is -7.43. The van der Waals surface area contributed by atoms with Crippen molar-refractivity contribution in [2.75, 3.05) is 9.62 Å². The molecule has 0 aromatic heterocycles. The first-order valence-electron chi connectivity index (χ1n) is 19.8. The van der Waals surface area contributed by atoms with E-state index in [0.717, 1.165) is 56.7 Å². The van der Waals surface area contributed by atoms with E-state index in [1.54, 1.807) is 0 Å². The summed E-state index contributed by atoms with van der Waals surface area (Å²) in [7, 11) is 0. The fourth-order valence-electron chi connectivity index (χ4n) is 8.49. The summed E-state index contributed by atoms with van der Waals surface area (Å²) in [6, 6.07) is 81.6. The van der Waals surface area contributed by atoms with E-state index in [2.05, 4.69) is 228 Å². The molecule has 2 aliphatic heterocycles. The van der Waals surface area contributed by atoms with Crippen molar-refractivity contribution >= 4 is 69.7 Å². The van der Waals surface area contributed by atoms with E-state index < -0.39 is 0 Å². The predicted molar refractivity (Wildman–Crippen MR) is 246 cm³/mol. The molecule has 0 saturated heterocycles.